The number of hydrogen-bond acceptors (Lipinski definition) is 3. The second kappa shape index (κ2) is 4.75. The molecule has 2 atom stereocenters. The lowest BCUT2D eigenvalue weighted by Crippen LogP contribution is -2.54. The first-order valence-electron chi connectivity index (χ1n) is 6.71. The molecule has 0 N–H and O–H groups in total. The van der Waals surface area contributed by atoms with E-state index in [4.69, 9.17) is 0 Å². The van der Waals surface area contributed by atoms with E-state index in [1.165, 1.54) is 38.2 Å². The smallest absolute Gasteiger partial charge is 0.0544 e. The largest absolute Gasteiger partial charge is 0.298 e. The molecule has 1 aromatic rings. The average Bonchev–Trinajstić information content (AvgIpc) is 2.78. The van der Waals surface area contributed by atoms with Crippen LogP contribution >= 0.6 is 0 Å². The van der Waals surface area contributed by atoms with Gasteiger partial charge in [0.25, 0.3) is 0 Å². The molecule has 0 spiro atoms. The van der Waals surface area contributed by atoms with E-state index in [2.05, 4.69) is 33.8 Å². The van der Waals surface area contributed by atoms with E-state index in [0.717, 1.165) is 12.6 Å². The summed E-state index contributed by atoms with van der Waals surface area (Å²) in [5, 5.41) is 0. The van der Waals surface area contributed by atoms with Gasteiger partial charge in [0, 0.05) is 37.9 Å². The zero-order valence-electron chi connectivity index (χ0n) is 10.5. The molecule has 0 aromatic carbocycles. The van der Waals surface area contributed by atoms with Gasteiger partial charge in [-0.2, -0.15) is 0 Å². The predicted octanol–water partition coefficient (Wildman–Crippen LogP) is 1.75. The van der Waals surface area contributed by atoms with Crippen LogP contribution in [-0.2, 0) is 6.54 Å². The van der Waals surface area contributed by atoms with E-state index in [0.29, 0.717) is 6.04 Å². The first-order chi connectivity index (χ1) is 8.33. The third-order valence-electron chi connectivity index (χ3n) is 4.16. The van der Waals surface area contributed by atoms with Crippen molar-refractivity contribution < 1.29 is 0 Å². The van der Waals surface area contributed by atoms with Crippen LogP contribution < -0.4 is 0 Å². The zero-order chi connectivity index (χ0) is 11.7. The fraction of sp³-hybridized carbons (Fsp3) is 0.643. The summed E-state index contributed by atoms with van der Waals surface area (Å²) in [5.74, 6) is 0. The van der Waals surface area contributed by atoms with E-state index in [-0.39, 0.29) is 0 Å². The highest BCUT2D eigenvalue weighted by molar-refractivity contribution is 5.04. The van der Waals surface area contributed by atoms with Gasteiger partial charge in [0.15, 0.2) is 0 Å². The molecular formula is C14H21N3. The Hall–Kier alpha value is -0.930. The Morgan fingerprint density at radius 1 is 1.35 bits per heavy atom. The SMILES string of the molecule is C[C@H]1CN2CCC[C@H]2CN1Cc1ccccn1. The topological polar surface area (TPSA) is 19.4 Å². The highest BCUT2D eigenvalue weighted by Crippen LogP contribution is 2.25. The Labute approximate surface area is 103 Å². The quantitative estimate of drug-likeness (QED) is 0.773. The van der Waals surface area contributed by atoms with E-state index in [1.54, 1.807) is 0 Å². The maximum absolute atomic E-state index is 4.44. The van der Waals surface area contributed by atoms with Crippen LogP contribution in [0.25, 0.3) is 0 Å². The molecule has 3 heteroatoms. The molecule has 3 nitrogen and oxygen atoms in total. The average molecular weight is 231 g/mol. The number of fused-ring (bicyclic) bond motifs is 1. The first-order valence-corrected chi connectivity index (χ1v) is 6.71. The molecule has 0 bridgehead atoms. The fourth-order valence-electron chi connectivity index (χ4n) is 3.17. The highest BCUT2D eigenvalue weighted by atomic mass is 15.3. The molecule has 17 heavy (non-hydrogen) atoms. The minimum Gasteiger partial charge on any atom is -0.298 e. The summed E-state index contributed by atoms with van der Waals surface area (Å²) < 4.78 is 0. The van der Waals surface area contributed by atoms with Crippen LogP contribution in [0.4, 0.5) is 0 Å². The van der Waals surface area contributed by atoms with Crippen molar-refractivity contribution in [3.05, 3.63) is 30.1 Å². The van der Waals surface area contributed by atoms with Crippen LogP contribution in [-0.4, -0.2) is 46.5 Å². The van der Waals surface area contributed by atoms with Crippen LogP contribution in [0.1, 0.15) is 25.5 Å². The van der Waals surface area contributed by atoms with Gasteiger partial charge in [-0.25, -0.2) is 0 Å². The molecule has 0 unspecified atom stereocenters. The van der Waals surface area contributed by atoms with Gasteiger partial charge in [-0.3, -0.25) is 14.8 Å². The normalized spacial score (nSPS) is 30.4. The number of rotatable bonds is 2. The lowest BCUT2D eigenvalue weighted by Gasteiger charge is -2.42. The van der Waals surface area contributed by atoms with Crippen molar-refractivity contribution in [2.24, 2.45) is 0 Å². The Kier molecular flexibility index (Phi) is 3.12. The molecule has 3 heterocycles. The minimum absolute atomic E-state index is 0.659. The Morgan fingerprint density at radius 2 is 2.29 bits per heavy atom. The van der Waals surface area contributed by atoms with E-state index in [1.807, 2.05) is 12.3 Å². The van der Waals surface area contributed by atoms with E-state index >= 15 is 0 Å². The summed E-state index contributed by atoms with van der Waals surface area (Å²) >= 11 is 0. The second-order valence-electron chi connectivity index (χ2n) is 5.39. The van der Waals surface area contributed by atoms with Gasteiger partial charge in [-0.15, -0.1) is 0 Å². The molecule has 2 fully saturated rings. The van der Waals surface area contributed by atoms with Gasteiger partial charge in [0.05, 0.1) is 5.69 Å². The Morgan fingerprint density at radius 3 is 3.12 bits per heavy atom. The minimum atomic E-state index is 0.659. The van der Waals surface area contributed by atoms with E-state index in [9.17, 15) is 0 Å². The standard InChI is InChI=1S/C14H21N3/c1-12-9-16-8-4-6-14(16)11-17(12)10-13-5-2-3-7-15-13/h2-3,5,7,12,14H,4,6,8-11H2,1H3/t12-,14-/m0/s1. The maximum atomic E-state index is 4.44. The third-order valence-corrected chi connectivity index (χ3v) is 4.16. The lowest BCUT2D eigenvalue weighted by molar-refractivity contribution is 0.0532. The van der Waals surface area contributed by atoms with Gasteiger partial charge in [0.2, 0.25) is 0 Å². The van der Waals surface area contributed by atoms with Gasteiger partial charge >= 0.3 is 0 Å². The van der Waals surface area contributed by atoms with Crippen molar-refractivity contribution in [3.63, 3.8) is 0 Å². The fourth-order valence-corrected chi connectivity index (χ4v) is 3.17. The summed E-state index contributed by atoms with van der Waals surface area (Å²) in [4.78, 5) is 9.70. The summed E-state index contributed by atoms with van der Waals surface area (Å²) in [6.45, 7) is 7.12. The van der Waals surface area contributed by atoms with Crippen LogP contribution in [0.2, 0.25) is 0 Å². The van der Waals surface area contributed by atoms with Crippen LogP contribution in [0.3, 0.4) is 0 Å². The van der Waals surface area contributed by atoms with Crippen molar-refractivity contribution in [2.75, 3.05) is 19.6 Å². The van der Waals surface area contributed by atoms with Crippen LogP contribution in [0, 0.1) is 0 Å². The van der Waals surface area contributed by atoms with Gasteiger partial charge in [-0.05, 0) is 38.4 Å². The number of aromatic nitrogens is 1. The molecule has 0 radical (unpaired) electrons. The molecule has 0 amide bonds. The Bertz CT molecular complexity index is 365. The Balaban J connectivity index is 1.67. The van der Waals surface area contributed by atoms with Crippen LogP contribution in [0.15, 0.2) is 24.4 Å². The summed E-state index contributed by atoms with van der Waals surface area (Å²) in [6.07, 6.45) is 4.66. The van der Waals surface area contributed by atoms with Crippen LogP contribution in [0.5, 0.6) is 0 Å². The van der Waals surface area contributed by atoms with Gasteiger partial charge in [0.1, 0.15) is 0 Å². The van der Waals surface area contributed by atoms with Crippen molar-refractivity contribution in [2.45, 2.75) is 38.4 Å². The van der Waals surface area contributed by atoms with E-state index < -0.39 is 0 Å². The molecule has 92 valence electrons. The molecule has 2 saturated heterocycles. The second-order valence-corrected chi connectivity index (χ2v) is 5.39. The van der Waals surface area contributed by atoms with Crippen molar-refractivity contribution >= 4 is 0 Å². The van der Waals surface area contributed by atoms with Gasteiger partial charge < -0.3 is 0 Å². The van der Waals surface area contributed by atoms with Crippen molar-refractivity contribution in [3.8, 4) is 0 Å². The number of hydrogen-bond donors (Lipinski definition) is 0. The lowest BCUT2D eigenvalue weighted by atomic mass is 10.1. The highest BCUT2D eigenvalue weighted by Gasteiger charge is 2.34. The van der Waals surface area contributed by atoms with Gasteiger partial charge in [-0.1, -0.05) is 6.07 Å². The van der Waals surface area contributed by atoms with Crippen molar-refractivity contribution in [1.82, 2.24) is 14.8 Å². The predicted molar refractivity (Wildman–Crippen MR) is 68.7 cm³/mol. The molecule has 1 aromatic heterocycles. The third kappa shape index (κ3) is 2.35. The first kappa shape index (κ1) is 11.2. The maximum Gasteiger partial charge on any atom is 0.0544 e. The molecule has 2 aliphatic heterocycles. The molecule has 0 aliphatic carbocycles. The molecule has 3 rings (SSSR count). The summed E-state index contributed by atoms with van der Waals surface area (Å²) in [6, 6.07) is 7.66. The number of pyridine rings is 1. The monoisotopic (exact) mass is 231 g/mol. The number of nitrogens with zero attached hydrogens (tertiary/aromatic N) is 3. The molecule has 0 saturated carbocycles. The molecular weight excluding hydrogens is 210 g/mol. The molecule has 2 aliphatic rings. The number of piperazine rings is 1. The van der Waals surface area contributed by atoms with Crippen molar-refractivity contribution in [1.29, 1.82) is 0 Å². The summed E-state index contributed by atoms with van der Waals surface area (Å²) in [5.41, 5.74) is 1.20. The summed E-state index contributed by atoms with van der Waals surface area (Å²) in [7, 11) is 0. The zero-order valence-corrected chi connectivity index (χ0v) is 10.5.